The van der Waals surface area contributed by atoms with Gasteiger partial charge in [0.2, 0.25) is 0 Å². The molecule has 0 heterocycles. The van der Waals surface area contributed by atoms with Crippen molar-refractivity contribution in [1.29, 1.82) is 0 Å². The molecular formula is C13H14O9. The molecule has 0 aliphatic rings. The molecule has 0 amide bonds. The van der Waals surface area contributed by atoms with Crippen LogP contribution in [0.4, 0.5) is 0 Å². The highest BCUT2D eigenvalue weighted by molar-refractivity contribution is 6.00. The summed E-state index contributed by atoms with van der Waals surface area (Å²) in [5.74, 6) is -3.73. The molecule has 0 fully saturated rings. The first-order chi connectivity index (χ1) is 10.1. The minimum Gasteiger partial charge on any atom is -0.478 e. The van der Waals surface area contributed by atoms with Gasteiger partial charge in [0.1, 0.15) is 0 Å². The van der Waals surface area contributed by atoms with E-state index in [1.54, 1.807) is 6.92 Å². The van der Waals surface area contributed by atoms with E-state index in [1.807, 2.05) is 0 Å². The molecular weight excluding hydrogens is 300 g/mol. The quantitative estimate of drug-likeness (QED) is 0.409. The van der Waals surface area contributed by atoms with Crippen LogP contribution >= 0.6 is 0 Å². The van der Waals surface area contributed by atoms with Gasteiger partial charge in [0, 0.05) is 0 Å². The highest BCUT2D eigenvalue weighted by Gasteiger charge is 2.27. The minimum absolute atomic E-state index is 0.100. The van der Waals surface area contributed by atoms with E-state index in [-0.39, 0.29) is 12.2 Å². The van der Waals surface area contributed by atoms with Crippen LogP contribution in [0.1, 0.15) is 44.4 Å². The van der Waals surface area contributed by atoms with Crippen molar-refractivity contribution in [1.82, 2.24) is 0 Å². The lowest BCUT2D eigenvalue weighted by molar-refractivity contribution is -0.430. The molecule has 0 saturated heterocycles. The topological polar surface area (TPSA) is 151 Å². The molecule has 0 radical (unpaired) electrons. The summed E-state index contributed by atoms with van der Waals surface area (Å²) in [5, 5.41) is 34.7. The third-order valence-corrected chi connectivity index (χ3v) is 2.32. The molecule has 0 aliphatic heterocycles. The molecule has 0 atom stereocenters. The fourth-order valence-corrected chi connectivity index (χ4v) is 1.45. The van der Waals surface area contributed by atoms with E-state index in [0.29, 0.717) is 6.42 Å². The van der Waals surface area contributed by atoms with Crippen LogP contribution in [0.25, 0.3) is 0 Å². The van der Waals surface area contributed by atoms with Crippen molar-refractivity contribution < 1.29 is 44.3 Å². The van der Waals surface area contributed by atoms with Gasteiger partial charge in [0.15, 0.2) is 0 Å². The van der Waals surface area contributed by atoms with E-state index >= 15 is 0 Å². The summed E-state index contributed by atoms with van der Waals surface area (Å²) in [4.78, 5) is 34.3. The SMILES string of the molecule is CCCOC(=O)c1cc(C(=O)O)cc(C(=O)OC(O)(O)O)c1. The van der Waals surface area contributed by atoms with Crippen LogP contribution < -0.4 is 0 Å². The van der Waals surface area contributed by atoms with Crippen molar-refractivity contribution in [2.24, 2.45) is 0 Å². The Bertz CT molecular complexity index is 586. The lowest BCUT2D eigenvalue weighted by Crippen LogP contribution is -2.34. The molecule has 1 rings (SSSR count). The molecule has 0 spiro atoms. The Morgan fingerprint density at radius 1 is 1.00 bits per heavy atom. The molecule has 0 saturated carbocycles. The Morgan fingerprint density at radius 2 is 1.50 bits per heavy atom. The number of carbonyl (C=O) groups excluding carboxylic acids is 2. The van der Waals surface area contributed by atoms with E-state index in [1.165, 1.54) is 0 Å². The summed E-state index contributed by atoms with van der Waals surface area (Å²) < 4.78 is 8.67. The molecule has 0 aliphatic carbocycles. The van der Waals surface area contributed by atoms with Crippen molar-refractivity contribution in [2.45, 2.75) is 19.5 Å². The van der Waals surface area contributed by atoms with Crippen LogP contribution in [0.2, 0.25) is 0 Å². The number of carbonyl (C=O) groups is 3. The molecule has 22 heavy (non-hydrogen) atoms. The van der Waals surface area contributed by atoms with E-state index in [0.717, 1.165) is 18.2 Å². The van der Waals surface area contributed by atoms with Gasteiger partial charge in [0.25, 0.3) is 0 Å². The molecule has 9 nitrogen and oxygen atoms in total. The van der Waals surface area contributed by atoms with Crippen LogP contribution in [0.5, 0.6) is 0 Å². The minimum atomic E-state index is -3.72. The van der Waals surface area contributed by atoms with Gasteiger partial charge in [-0.2, -0.15) is 0 Å². The number of aliphatic hydroxyl groups is 3. The van der Waals surface area contributed by atoms with Crippen LogP contribution in [-0.4, -0.2) is 51.1 Å². The number of rotatable bonds is 6. The van der Waals surface area contributed by atoms with Gasteiger partial charge in [0.05, 0.1) is 23.3 Å². The second-order valence-electron chi connectivity index (χ2n) is 4.20. The van der Waals surface area contributed by atoms with Gasteiger partial charge in [-0.1, -0.05) is 6.92 Å². The summed E-state index contributed by atoms with van der Waals surface area (Å²) in [6, 6.07) is 2.77. The smallest absolute Gasteiger partial charge is 0.455 e. The van der Waals surface area contributed by atoms with Crippen molar-refractivity contribution in [3.8, 4) is 0 Å². The molecule has 1 aromatic rings. The summed E-state index contributed by atoms with van der Waals surface area (Å²) in [7, 11) is 0. The van der Waals surface area contributed by atoms with Gasteiger partial charge in [-0.15, -0.1) is 0 Å². The van der Waals surface area contributed by atoms with Crippen molar-refractivity contribution >= 4 is 17.9 Å². The first-order valence-corrected chi connectivity index (χ1v) is 6.10. The van der Waals surface area contributed by atoms with Crippen LogP contribution in [-0.2, 0) is 9.47 Å². The summed E-state index contributed by atoms with van der Waals surface area (Å²) in [6.07, 6.45) is -3.18. The first kappa shape index (κ1) is 17.6. The number of aromatic carboxylic acids is 1. The predicted molar refractivity (Wildman–Crippen MR) is 68.8 cm³/mol. The molecule has 0 bridgehead atoms. The number of hydrogen-bond acceptors (Lipinski definition) is 8. The Hall–Kier alpha value is -2.49. The van der Waals surface area contributed by atoms with Gasteiger partial charge in [-0.3, -0.25) is 0 Å². The van der Waals surface area contributed by atoms with Crippen LogP contribution in [0.15, 0.2) is 18.2 Å². The Morgan fingerprint density at radius 3 is 1.95 bits per heavy atom. The van der Waals surface area contributed by atoms with E-state index in [9.17, 15) is 14.4 Å². The second-order valence-corrected chi connectivity index (χ2v) is 4.20. The standard InChI is InChI=1S/C13H14O9/c1-2-3-21-11(16)8-4-7(10(14)15)5-9(6-8)12(17)22-13(18,19)20/h4-6,18-20H,2-3H2,1H3,(H,14,15). The largest absolute Gasteiger partial charge is 0.478 e. The van der Waals surface area contributed by atoms with E-state index in [2.05, 4.69) is 4.74 Å². The lowest BCUT2D eigenvalue weighted by Gasteiger charge is -2.14. The number of carboxylic acid groups (broad SMARTS) is 1. The van der Waals surface area contributed by atoms with Crippen molar-refractivity contribution in [2.75, 3.05) is 6.61 Å². The second kappa shape index (κ2) is 6.98. The van der Waals surface area contributed by atoms with Gasteiger partial charge >= 0.3 is 24.1 Å². The fraction of sp³-hybridized carbons (Fsp3) is 0.308. The average molecular weight is 314 g/mol. The third kappa shape index (κ3) is 5.13. The zero-order valence-corrected chi connectivity index (χ0v) is 11.5. The maximum Gasteiger partial charge on any atom is 0.455 e. The summed E-state index contributed by atoms with van der Waals surface area (Å²) >= 11 is 0. The summed E-state index contributed by atoms with van der Waals surface area (Å²) in [5.41, 5.74) is -1.14. The number of benzene rings is 1. The lowest BCUT2D eigenvalue weighted by atomic mass is 10.1. The van der Waals surface area contributed by atoms with Crippen LogP contribution in [0, 0.1) is 0 Å². The third-order valence-electron chi connectivity index (χ3n) is 2.32. The molecule has 4 N–H and O–H groups in total. The number of carboxylic acids is 1. The molecule has 1 aromatic carbocycles. The Kier molecular flexibility index (Phi) is 5.57. The fourth-order valence-electron chi connectivity index (χ4n) is 1.45. The zero-order chi connectivity index (χ0) is 16.9. The summed E-state index contributed by atoms with van der Waals surface area (Å²) in [6.45, 7) is 1.86. The zero-order valence-electron chi connectivity index (χ0n) is 11.5. The van der Waals surface area contributed by atoms with Crippen LogP contribution in [0.3, 0.4) is 0 Å². The molecule has 0 unspecified atom stereocenters. The van der Waals surface area contributed by atoms with E-state index < -0.39 is 35.2 Å². The normalized spacial score (nSPS) is 10.9. The maximum absolute atomic E-state index is 11.7. The first-order valence-electron chi connectivity index (χ1n) is 6.10. The maximum atomic E-state index is 11.7. The molecule has 120 valence electrons. The van der Waals surface area contributed by atoms with Gasteiger partial charge < -0.3 is 29.9 Å². The Labute approximate surface area is 124 Å². The highest BCUT2D eigenvalue weighted by atomic mass is 16.9. The number of hydrogen-bond donors (Lipinski definition) is 4. The highest BCUT2D eigenvalue weighted by Crippen LogP contribution is 2.15. The molecule has 9 heteroatoms. The van der Waals surface area contributed by atoms with Crippen molar-refractivity contribution in [3.05, 3.63) is 34.9 Å². The van der Waals surface area contributed by atoms with E-state index in [4.69, 9.17) is 25.2 Å². The van der Waals surface area contributed by atoms with Gasteiger partial charge in [-0.05, 0) is 24.6 Å². The average Bonchev–Trinajstić information content (AvgIpc) is 2.42. The van der Waals surface area contributed by atoms with Crippen molar-refractivity contribution in [3.63, 3.8) is 0 Å². The Balaban J connectivity index is 3.17. The molecule has 0 aromatic heterocycles. The number of ether oxygens (including phenoxy) is 2. The number of esters is 2. The predicted octanol–water partition coefficient (Wildman–Crippen LogP) is -0.303. The monoisotopic (exact) mass is 314 g/mol. The van der Waals surface area contributed by atoms with Gasteiger partial charge in [-0.25, -0.2) is 14.4 Å².